The minimum absolute atomic E-state index is 0.115. The molecule has 18 heavy (non-hydrogen) atoms. The molecule has 0 aliphatic heterocycles. The highest BCUT2D eigenvalue weighted by molar-refractivity contribution is 6.03. The number of rotatable bonds is 3. The summed E-state index contributed by atoms with van der Waals surface area (Å²) in [6.45, 7) is 0. The molecule has 0 fully saturated rings. The van der Waals surface area contributed by atoms with Crippen LogP contribution < -0.4 is 11.1 Å². The number of H-pyrrole nitrogens is 1. The Hall–Kier alpha value is -2.83. The first-order chi connectivity index (χ1) is 8.56. The molecule has 7 heteroatoms. The molecule has 0 spiro atoms. The number of aromatic nitrogens is 1. The number of amides is 1. The maximum atomic E-state index is 11.8. The van der Waals surface area contributed by atoms with Gasteiger partial charge in [0.2, 0.25) is 0 Å². The average Bonchev–Trinajstić information content (AvgIpc) is 2.78. The lowest BCUT2D eigenvalue weighted by Crippen LogP contribution is -2.12. The van der Waals surface area contributed by atoms with Gasteiger partial charge in [-0.15, -0.1) is 0 Å². The van der Waals surface area contributed by atoms with Gasteiger partial charge >= 0.3 is 5.82 Å². The molecule has 0 aliphatic carbocycles. The SMILES string of the molecule is Nc1cccc(NC(=O)c2ccc([N+](=O)[O-])[nH]2)c1. The Labute approximate surface area is 102 Å². The van der Waals surface area contributed by atoms with Gasteiger partial charge in [-0.3, -0.25) is 4.79 Å². The van der Waals surface area contributed by atoms with Crippen molar-refractivity contribution in [2.24, 2.45) is 0 Å². The van der Waals surface area contributed by atoms with E-state index in [1.165, 1.54) is 12.1 Å². The van der Waals surface area contributed by atoms with Crippen LogP contribution in [-0.4, -0.2) is 15.8 Å². The van der Waals surface area contributed by atoms with E-state index in [0.717, 1.165) is 0 Å². The van der Waals surface area contributed by atoms with Gasteiger partial charge in [0.15, 0.2) is 5.69 Å². The lowest BCUT2D eigenvalue weighted by Gasteiger charge is -2.02. The van der Waals surface area contributed by atoms with E-state index in [2.05, 4.69) is 10.3 Å². The molecule has 0 atom stereocenters. The zero-order valence-electron chi connectivity index (χ0n) is 9.21. The Balaban J connectivity index is 2.14. The van der Waals surface area contributed by atoms with Crippen LogP contribution in [0.3, 0.4) is 0 Å². The summed E-state index contributed by atoms with van der Waals surface area (Å²) < 4.78 is 0. The average molecular weight is 246 g/mol. The normalized spacial score (nSPS) is 10.0. The minimum atomic E-state index is -0.600. The maximum absolute atomic E-state index is 11.8. The summed E-state index contributed by atoms with van der Waals surface area (Å²) in [6, 6.07) is 9.23. The summed E-state index contributed by atoms with van der Waals surface area (Å²) >= 11 is 0. The van der Waals surface area contributed by atoms with Crippen molar-refractivity contribution < 1.29 is 9.72 Å². The van der Waals surface area contributed by atoms with Crippen LogP contribution in [-0.2, 0) is 0 Å². The van der Waals surface area contributed by atoms with Crippen LogP contribution >= 0.6 is 0 Å². The Kier molecular flexibility index (Phi) is 2.96. The molecule has 7 nitrogen and oxygen atoms in total. The fourth-order valence-electron chi connectivity index (χ4n) is 1.44. The van der Waals surface area contributed by atoms with Gasteiger partial charge in [-0.05, 0) is 29.2 Å². The molecule has 2 rings (SSSR count). The number of hydrogen-bond donors (Lipinski definition) is 3. The van der Waals surface area contributed by atoms with Crippen LogP contribution in [0.5, 0.6) is 0 Å². The molecule has 2 aromatic rings. The second kappa shape index (κ2) is 4.58. The number of nitro groups is 1. The lowest BCUT2D eigenvalue weighted by atomic mass is 10.3. The fraction of sp³-hybridized carbons (Fsp3) is 0. The number of benzene rings is 1. The minimum Gasteiger partial charge on any atom is -0.399 e. The Morgan fingerprint density at radius 2 is 2.11 bits per heavy atom. The predicted octanol–water partition coefficient (Wildman–Crippen LogP) is 1.76. The van der Waals surface area contributed by atoms with E-state index < -0.39 is 10.8 Å². The Morgan fingerprint density at radius 3 is 2.72 bits per heavy atom. The van der Waals surface area contributed by atoms with Crippen molar-refractivity contribution in [3.05, 3.63) is 52.2 Å². The highest BCUT2D eigenvalue weighted by atomic mass is 16.6. The third-order valence-corrected chi connectivity index (χ3v) is 2.26. The third-order valence-electron chi connectivity index (χ3n) is 2.26. The molecule has 1 amide bonds. The highest BCUT2D eigenvalue weighted by Crippen LogP contribution is 2.15. The molecule has 0 radical (unpaired) electrons. The van der Waals surface area contributed by atoms with E-state index >= 15 is 0 Å². The fourth-order valence-corrected chi connectivity index (χ4v) is 1.44. The Morgan fingerprint density at radius 1 is 1.33 bits per heavy atom. The molecule has 92 valence electrons. The number of nitrogens with one attached hydrogen (secondary N) is 2. The quantitative estimate of drug-likeness (QED) is 0.434. The van der Waals surface area contributed by atoms with Crippen molar-refractivity contribution in [3.63, 3.8) is 0 Å². The summed E-state index contributed by atoms with van der Waals surface area (Å²) in [5.74, 6) is -0.693. The lowest BCUT2D eigenvalue weighted by molar-refractivity contribution is -0.389. The van der Waals surface area contributed by atoms with Crippen molar-refractivity contribution in [1.29, 1.82) is 0 Å². The highest BCUT2D eigenvalue weighted by Gasteiger charge is 2.15. The Bertz CT molecular complexity index is 606. The largest absolute Gasteiger partial charge is 0.399 e. The van der Waals surface area contributed by atoms with Gasteiger partial charge in [-0.2, -0.15) is 0 Å². The van der Waals surface area contributed by atoms with Gasteiger partial charge < -0.3 is 21.2 Å². The molecule has 1 aromatic carbocycles. The van der Waals surface area contributed by atoms with Gasteiger partial charge in [0, 0.05) is 17.4 Å². The monoisotopic (exact) mass is 246 g/mol. The van der Waals surface area contributed by atoms with Crippen LogP contribution in [0.25, 0.3) is 0 Å². The van der Waals surface area contributed by atoms with Crippen LogP contribution in [0.1, 0.15) is 10.5 Å². The zero-order valence-corrected chi connectivity index (χ0v) is 9.21. The molecular formula is C11H10N4O3. The van der Waals surface area contributed by atoms with Gasteiger partial charge in [0.05, 0.1) is 0 Å². The maximum Gasteiger partial charge on any atom is 0.321 e. The number of hydrogen-bond acceptors (Lipinski definition) is 4. The predicted molar refractivity (Wildman–Crippen MR) is 66.3 cm³/mol. The number of carbonyl (C=O) groups is 1. The molecule has 0 bridgehead atoms. The van der Waals surface area contributed by atoms with Crippen molar-refractivity contribution in [2.45, 2.75) is 0 Å². The number of carbonyl (C=O) groups excluding carboxylic acids is 1. The number of nitrogen functional groups attached to an aromatic ring is 1. The molecule has 0 saturated carbocycles. The molecule has 0 aliphatic rings. The van der Waals surface area contributed by atoms with E-state index in [9.17, 15) is 14.9 Å². The van der Waals surface area contributed by atoms with E-state index in [1.807, 2.05) is 0 Å². The first-order valence-electron chi connectivity index (χ1n) is 5.06. The number of anilines is 2. The molecule has 0 saturated heterocycles. The van der Waals surface area contributed by atoms with Crippen LogP contribution in [0.2, 0.25) is 0 Å². The summed E-state index contributed by atoms with van der Waals surface area (Å²) in [7, 11) is 0. The number of aromatic amines is 1. The van der Waals surface area contributed by atoms with Crippen molar-refractivity contribution in [3.8, 4) is 0 Å². The van der Waals surface area contributed by atoms with E-state index in [-0.39, 0.29) is 11.5 Å². The molecular weight excluding hydrogens is 236 g/mol. The van der Waals surface area contributed by atoms with E-state index in [4.69, 9.17) is 5.73 Å². The summed E-state index contributed by atoms with van der Waals surface area (Å²) in [5.41, 5.74) is 6.73. The molecule has 1 heterocycles. The molecule has 4 N–H and O–H groups in total. The van der Waals surface area contributed by atoms with Crippen LogP contribution in [0.4, 0.5) is 17.2 Å². The van der Waals surface area contributed by atoms with Gasteiger partial charge in [-0.1, -0.05) is 6.07 Å². The second-order valence-electron chi connectivity index (χ2n) is 3.59. The van der Waals surface area contributed by atoms with Crippen LogP contribution in [0, 0.1) is 10.1 Å². The molecule has 0 unspecified atom stereocenters. The zero-order chi connectivity index (χ0) is 13.1. The summed E-state index contributed by atoms with van der Waals surface area (Å²) in [6.07, 6.45) is 0. The first kappa shape index (κ1) is 11.6. The van der Waals surface area contributed by atoms with Crippen molar-refractivity contribution in [2.75, 3.05) is 11.1 Å². The second-order valence-corrected chi connectivity index (χ2v) is 3.59. The standard InChI is InChI=1S/C11H10N4O3/c12-7-2-1-3-8(6-7)13-11(16)9-4-5-10(14-9)15(17)18/h1-6,14H,12H2,(H,13,16). The van der Waals surface area contributed by atoms with Gasteiger partial charge in [0.25, 0.3) is 5.91 Å². The smallest absolute Gasteiger partial charge is 0.321 e. The number of nitrogens with zero attached hydrogens (tertiary/aromatic N) is 1. The topological polar surface area (TPSA) is 114 Å². The van der Waals surface area contributed by atoms with Crippen LogP contribution in [0.15, 0.2) is 36.4 Å². The van der Waals surface area contributed by atoms with Crippen molar-refractivity contribution >= 4 is 23.1 Å². The summed E-state index contributed by atoms with van der Waals surface area (Å²) in [4.78, 5) is 24.0. The molecule has 1 aromatic heterocycles. The first-order valence-corrected chi connectivity index (χ1v) is 5.06. The third kappa shape index (κ3) is 2.46. The van der Waals surface area contributed by atoms with Crippen molar-refractivity contribution in [1.82, 2.24) is 4.98 Å². The van der Waals surface area contributed by atoms with E-state index in [1.54, 1.807) is 24.3 Å². The van der Waals surface area contributed by atoms with Gasteiger partial charge in [-0.25, -0.2) is 4.98 Å². The van der Waals surface area contributed by atoms with E-state index in [0.29, 0.717) is 11.4 Å². The van der Waals surface area contributed by atoms with Gasteiger partial charge in [0.1, 0.15) is 0 Å². The summed E-state index contributed by atoms with van der Waals surface area (Å²) in [5, 5.41) is 13.0. The number of nitrogens with two attached hydrogens (primary N) is 1.